The SMILES string of the molecule is FC(F)(F)c1cccc(NCCc2ccc(Cl)cc2)c1. The van der Waals surface area contributed by atoms with E-state index in [2.05, 4.69) is 5.32 Å². The molecule has 0 spiro atoms. The van der Waals surface area contributed by atoms with Crippen molar-refractivity contribution in [2.75, 3.05) is 11.9 Å². The molecule has 0 unspecified atom stereocenters. The molecule has 0 aliphatic heterocycles. The minimum absolute atomic E-state index is 0.466. The first-order valence-electron chi connectivity index (χ1n) is 6.11. The molecule has 0 fully saturated rings. The number of halogens is 4. The molecule has 1 N–H and O–H groups in total. The molecular formula is C15H13ClF3N. The van der Waals surface area contributed by atoms with Crippen molar-refractivity contribution in [3.05, 3.63) is 64.7 Å². The van der Waals surface area contributed by atoms with Crippen molar-refractivity contribution in [1.29, 1.82) is 0 Å². The standard InChI is InChI=1S/C15H13ClF3N/c16-13-6-4-11(5-7-13)8-9-20-14-3-1-2-12(10-14)15(17,18)19/h1-7,10,20H,8-9H2. The van der Waals surface area contributed by atoms with Gasteiger partial charge >= 0.3 is 6.18 Å². The molecule has 5 heteroatoms. The molecule has 0 heterocycles. The highest BCUT2D eigenvalue weighted by atomic mass is 35.5. The van der Waals surface area contributed by atoms with E-state index in [1.54, 1.807) is 18.2 Å². The lowest BCUT2D eigenvalue weighted by molar-refractivity contribution is -0.137. The maximum absolute atomic E-state index is 12.6. The summed E-state index contributed by atoms with van der Waals surface area (Å²) in [6, 6.07) is 12.6. The minimum Gasteiger partial charge on any atom is -0.385 e. The molecule has 0 saturated carbocycles. The molecule has 2 aromatic rings. The Morgan fingerprint density at radius 1 is 1.00 bits per heavy atom. The summed E-state index contributed by atoms with van der Waals surface area (Å²) in [5, 5.41) is 3.65. The van der Waals surface area contributed by atoms with Gasteiger partial charge < -0.3 is 5.32 Å². The molecule has 0 radical (unpaired) electrons. The molecule has 0 aromatic heterocycles. The predicted octanol–water partition coefficient (Wildman–Crippen LogP) is 5.01. The van der Waals surface area contributed by atoms with Crippen LogP contribution in [0.1, 0.15) is 11.1 Å². The maximum Gasteiger partial charge on any atom is 0.416 e. The van der Waals surface area contributed by atoms with Crippen LogP contribution in [-0.4, -0.2) is 6.54 Å². The highest BCUT2D eigenvalue weighted by Crippen LogP contribution is 2.30. The molecule has 20 heavy (non-hydrogen) atoms. The van der Waals surface area contributed by atoms with Crippen LogP contribution in [0.3, 0.4) is 0 Å². The van der Waals surface area contributed by atoms with Crippen molar-refractivity contribution in [1.82, 2.24) is 0 Å². The number of alkyl halides is 3. The molecule has 0 aliphatic rings. The average Bonchev–Trinajstić information content (AvgIpc) is 2.40. The second-order valence-electron chi connectivity index (χ2n) is 4.38. The lowest BCUT2D eigenvalue weighted by Crippen LogP contribution is -2.08. The Hall–Kier alpha value is -1.68. The zero-order chi connectivity index (χ0) is 14.6. The predicted molar refractivity (Wildman–Crippen MR) is 75.1 cm³/mol. The Balaban J connectivity index is 1.93. The molecule has 0 saturated heterocycles. The van der Waals surface area contributed by atoms with Gasteiger partial charge in [0.1, 0.15) is 0 Å². The van der Waals surface area contributed by atoms with Crippen molar-refractivity contribution in [2.24, 2.45) is 0 Å². The zero-order valence-electron chi connectivity index (χ0n) is 10.5. The van der Waals surface area contributed by atoms with Crippen molar-refractivity contribution < 1.29 is 13.2 Å². The fourth-order valence-electron chi connectivity index (χ4n) is 1.81. The highest BCUT2D eigenvalue weighted by molar-refractivity contribution is 6.30. The van der Waals surface area contributed by atoms with Crippen LogP contribution < -0.4 is 5.32 Å². The molecule has 2 aromatic carbocycles. The van der Waals surface area contributed by atoms with Crippen LogP contribution in [-0.2, 0) is 12.6 Å². The maximum atomic E-state index is 12.6. The van der Waals surface area contributed by atoms with E-state index in [0.717, 1.165) is 17.7 Å². The van der Waals surface area contributed by atoms with Crippen LogP contribution in [0.2, 0.25) is 5.02 Å². The third kappa shape index (κ3) is 4.17. The molecule has 2 rings (SSSR count). The summed E-state index contributed by atoms with van der Waals surface area (Å²) in [5.74, 6) is 0. The summed E-state index contributed by atoms with van der Waals surface area (Å²) in [6.45, 7) is 0.558. The van der Waals surface area contributed by atoms with Crippen LogP contribution in [0.15, 0.2) is 48.5 Å². The normalized spacial score (nSPS) is 11.4. The zero-order valence-corrected chi connectivity index (χ0v) is 11.3. The molecule has 106 valence electrons. The number of benzene rings is 2. The Labute approximate surface area is 120 Å². The molecule has 0 bridgehead atoms. The molecule has 0 atom stereocenters. The fourth-order valence-corrected chi connectivity index (χ4v) is 1.93. The summed E-state index contributed by atoms with van der Waals surface area (Å²) in [4.78, 5) is 0. The van der Waals surface area contributed by atoms with E-state index >= 15 is 0 Å². The van der Waals surface area contributed by atoms with Gasteiger partial charge in [-0.2, -0.15) is 13.2 Å². The smallest absolute Gasteiger partial charge is 0.385 e. The van der Waals surface area contributed by atoms with Gasteiger partial charge in [-0.05, 0) is 42.3 Å². The first kappa shape index (κ1) is 14.7. The van der Waals surface area contributed by atoms with Gasteiger partial charge in [-0.1, -0.05) is 29.8 Å². The van der Waals surface area contributed by atoms with Crippen LogP contribution in [0.25, 0.3) is 0 Å². The Bertz CT molecular complexity index is 564. The van der Waals surface area contributed by atoms with Crippen LogP contribution >= 0.6 is 11.6 Å². The second-order valence-corrected chi connectivity index (χ2v) is 4.82. The van der Waals surface area contributed by atoms with Gasteiger partial charge in [-0.25, -0.2) is 0 Å². The largest absolute Gasteiger partial charge is 0.416 e. The van der Waals surface area contributed by atoms with E-state index in [1.165, 1.54) is 6.07 Å². The van der Waals surface area contributed by atoms with E-state index in [9.17, 15) is 13.2 Å². The summed E-state index contributed by atoms with van der Waals surface area (Å²) in [5.41, 5.74) is 0.900. The van der Waals surface area contributed by atoms with Crippen LogP contribution in [0, 0.1) is 0 Å². The molecule has 0 aliphatic carbocycles. The fraction of sp³-hybridized carbons (Fsp3) is 0.200. The average molecular weight is 300 g/mol. The van der Waals surface area contributed by atoms with E-state index < -0.39 is 11.7 Å². The first-order chi connectivity index (χ1) is 9.45. The molecule has 0 amide bonds. The van der Waals surface area contributed by atoms with E-state index in [4.69, 9.17) is 11.6 Å². The lowest BCUT2D eigenvalue weighted by atomic mass is 10.1. The number of hydrogen-bond acceptors (Lipinski definition) is 1. The molecular weight excluding hydrogens is 287 g/mol. The summed E-state index contributed by atoms with van der Waals surface area (Å²) < 4.78 is 37.7. The minimum atomic E-state index is -4.31. The van der Waals surface area contributed by atoms with E-state index in [-0.39, 0.29) is 0 Å². The van der Waals surface area contributed by atoms with Gasteiger partial charge in [-0.15, -0.1) is 0 Å². The van der Waals surface area contributed by atoms with E-state index in [0.29, 0.717) is 23.7 Å². The molecule has 1 nitrogen and oxygen atoms in total. The van der Waals surface area contributed by atoms with Gasteiger partial charge in [0.25, 0.3) is 0 Å². The summed E-state index contributed by atoms with van der Waals surface area (Å²) in [7, 11) is 0. The van der Waals surface area contributed by atoms with Crippen LogP contribution in [0.5, 0.6) is 0 Å². The topological polar surface area (TPSA) is 12.0 Å². The Morgan fingerprint density at radius 2 is 1.70 bits per heavy atom. The third-order valence-electron chi connectivity index (χ3n) is 2.85. The highest BCUT2D eigenvalue weighted by Gasteiger charge is 2.30. The summed E-state index contributed by atoms with van der Waals surface area (Å²) in [6.07, 6.45) is -3.60. The lowest BCUT2D eigenvalue weighted by Gasteiger charge is -2.10. The Morgan fingerprint density at radius 3 is 2.35 bits per heavy atom. The van der Waals surface area contributed by atoms with Crippen molar-refractivity contribution in [3.63, 3.8) is 0 Å². The van der Waals surface area contributed by atoms with Crippen molar-refractivity contribution in [2.45, 2.75) is 12.6 Å². The van der Waals surface area contributed by atoms with Gasteiger partial charge in [0.05, 0.1) is 5.56 Å². The number of hydrogen-bond donors (Lipinski definition) is 1. The number of nitrogens with one attached hydrogen (secondary N) is 1. The van der Waals surface area contributed by atoms with Gasteiger partial charge in [0, 0.05) is 17.3 Å². The summed E-state index contributed by atoms with van der Waals surface area (Å²) >= 11 is 5.78. The van der Waals surface area contributed by atoms with Gasteiger partial charge in [0.2, 0.25) is 0 Å². The monoisotopic (exact) mass is 299 g/mol. The quantitative estimate of drug-likeness (QED) is 0.836. The second kappa shape index (κ2) is 6.18. The third-order valence-corrected chi connectivity index (χ3v) is 3.10. The van der Waals surface area contributed by atoms with Crippen molar-refractivity contribution >= 4 is 17.3 Å². The van der Waals surface area contributed by atoms with Gasteiger partial charge in [0.15, 0.2) is 0 Å². The van der Waals surface area contributed by atoms with E-state index in [1.807, 2.05) is 12.1 Å². The Kier molecular flexibility index (Phi) is 4.55. The number of rotatable bonds is 4. The number of anilines is 1. The van der Waals surface area contributed by atoms with Crippen LogP contribution in [0.4, 0.5) is 18.9 Å². The van der Waals surface area contributed by atoms with Gasteiger partial charge in [-0.3, -0.25) is 0 Å². The first-order valence-corrected chi connectivity index (χ1v) is 6.48. The van der Waals surface area contributed by atoms with Crippen molar-refractivity contribution in [3.8, 4) is 0 Å².